The van der Waals surface area contributed by atoms with Crippen LogP contribution in [-0.2, 0) is 14.8 Å². The van der Waals surface area contributed by atoms with Crippen molar-refractivity contribution in [3.63, 3.8) is 0 Å². The number of amides is 1. The van der Waals surface area contributed by atoms with E-state index in [4.69, 9.17) is 4.74 Å². The number of sulfonamides is 1. The van der Waals surface area contributed by atoms with Gasteiger partial charge in [-0.2, -0.15) is 4.31 Å². The van der Waals surface area contributed by atoms with Gasteiger partial charge in [0.25, 0.3) is 5.91 Å². The van der Waals surface area contributed by atoms with E-state index in [-0.39, 0.29) is 28.5 Å². The topological polar surface area (TPSA) is 113 Å². The molecule has 1 atom stereocenters. The van der Waals surface area contributed by atoms with Gasteiger partial charge in [-0.25, -0.2) is 13.2 Å². The number of hydrogen-bond acceptors (Lipinski definition) is 5. The van der Waals surface area contributed by atoms with E-state index in [9.17, 15) is 23.1 Å². The summed E-state index contributed by atoms with van der Waals surface area (Å²) in [7, 11) is -2.43. The molecule has 0 spiro atoms. The maximum absolute atomic E-state index is 12.9. The monoisotopic (exact) mass is 398 g/mol. The van der Waals surface area contributed by atoms with Crippen LogP contribution in [0.1, 0.15) is 43.5 Å². The van der Waals surface area contributed by atoms with Crippen LogP contribution in [0.4, 0.5) is 0 Å². The summed E-state index contributed by atoms with van der Waals surface area (Å²) in [5.41, 5.74) is 0.0728. The molecule has 27 heavy (non-hydrogen) atoms. The standard InChI is InChI=1S/C18H26N2O6S/c1-12(2)10-14(18(22)23)19-17(21)13-6-7-15(26-3)16(11-13)27(24,25)20-8-4-5-9-20/h6-7,11-12,14H,4-5,8-10H2,1-3H3,(H,19,21)(H,22,23)/t14-/m0/s1. The molecule has 0 aromatic heterocycles. The first kappa shape index (κ1) is 21.2. The second kappa shape index (κ2) is 8.71. The highest BCUT2D eigenvalue weighted by atomic mass is 32.2. The largest absolute Gasteiger partial charge is 0.495 e. The maximum atomic E-state index is 12.9. The third-order valence-electron chi connectivity index (χ3n) is 4.42. The lowest BCUT2D eigenvalue weighted by atomic mass is 10.0. The normalized spacial score (nSPS) is 16.3. The molecule has 1 aliphatic heterocycles. The van der Waals surface area contributed by atoms with Crippen LogP contribution >= 0.6 is 0 Å². The molecule has 0 bridgehead atoms. The lowest BCUT2D eigenvalue weighted by molar-refractivity contribution is -0.139. The van der Waals surface area contributed by atoms with Crippen molar-refractivity contribution in [1.82, 2.24) is 9.62 Å². The summed E-state index contributed by atoms with van der Waals surface area (Å²) in [6, 6.07) is 3.04. The molecule has 1 aliphatic rings. The van der Waals surface area contributed by atoms with Gasteiger partial charge in [-0.15, -0.1) is 0 Å². The number of carboxylic acids is 1. The highest BCUT2D eigenvalue weighted by Crippen LogP contribution is 2.29. The number of nitrogens with zero attached hydrogens (tertiary/aromatic N) is 1. The summed E-state index contributed by atoms with van der Waals surface area (Å²) < 4.78 is 32.3. The molecule has 150 valence electrons. The van der Waals surface area contributed by atoms with E-state index in [2.05, 4.69) is 5.32 Å². The fourth-order valence-corrected chi connectivity index (χ4v) is 4.72. The molecule has 0 saturated carbocycles. The SMILES string of the molecule is COc1ccc(C(=O)N[C@@H](CC(C)C)C(=O)O)cc1S(=O)(=O)N1CCCC1. The van der Waals surface area contributed by atoms with E-state index in [0.717, 1.165) is 12.8 Å². The van der Waals surface area contributed by atoms with Gasteiger partial charge in [0.2, 0.25) is 10.0 Å². The molecule has 1 fully saturated rings. The van der Waals surface area contributed by atoms with Crippen molar-refractivity contribution in [3.05, 3.63) is 23.8 Å². The van der Waals surface area contributed by atoms with Gasteiger partial charge < -0.3 is 15.2 Å². The smallest absolute Gasteiger partial charge is 0.326 e. The Morgan fingerprint density at radius 3 is 2.41 bits per heavy atom. The number of nitrogens with one attached hydrogen (secondary N) is 1. The molecule has 1 aromatic rings. The fourth-order valence-electron chi connectivity index (χ4n) is 3.02. The molecule has 0 aliphatic carbocycles. The molecule has 1 saturated heterocycles. The van der Waals surface area contributed by atoms with E-state index in [0.29, 0.717) is 13.1 Å². The van der Waals surface area contributed by atoms with Gasteiger partial charge in [0, 0.05) is 18.7 Å². The van der Waals surface area contributed by atoms with Gasteiger partial charge in [-0.05, 0) is 43.4 Å². The Balaban J connectivity index is 2.33. The van der Waals surface area contributed by atoms with E-state index in [1.165, 1.54) is 29.6 Å². The average Bonchev–Trinajstić information content (AvgIpc) is 3.15. The number of hydrogen-bond donors (Lipinski definition) is 2. The third kappa shape index (κ3) is 4.98. The second-order valence-electron chi connectivity index (χ2n) is 6.97. The molecule has 1 amide bonds. The van der Waals surface area contributed by atoms with E-state index >= 15 is 0 Å². The first-order valence-corrected chi connectivity index (χ1v) is 10.3. The molecule has 2 N–H and O–H groups in total. The van der Waals surface area contributed by atoms with Crippen molar-refractivity contribution in [2.24, 2.45) is 5.92 Å². The number of ether oxygens (including phenoxy) is 1. The molecular formula is C18H26N2O6S. The number of carbonyl (C=O) groups is 2. The lowest BCUT2D eigenvalue weighted by Gasteiger charge is -2.19. The molecule has 0 unspecified atom stereocenters. The Morgan fingerprint density at radius 2 is 1.89 bits per heavy atom. The number of carbonyl (C=O) groups excluding carboxylic acids is 1. The van der Waals surface area contributed by atoms with Crippen molar-refractivity contribution in [2.45, 2.75) is 44.0 Å². The number of rotatable bonds is 8. The summed E-state index contributed by atoms with van der Waals surface area (Å²) in [5.74, 6) is -1.54. The van der Waals surface area contributed by atoms with Gasteiger partial charge >= 0.3 is 5.97 Å². The molecular weight excluding hydrogens is 372 g/mol. The van der Waals surface area contributed by atoms with Gasteiger partial charge in [0.15, 0.2) is 0 Å². The van der Waals surface area contributed by atoms with Crippen molar-refractivity contribution in [3.8, 4) is 5.75 Å². The van der Waals surface area contributed by atoms with Crippen LogP contribution in [-0.4, -0.2) is 55.9 Å². The molecule has 0 radical (unpaired) electrons. The minimum atomic E-state index is -3.79. The predicted molar refractivity (Wildman–Crippen MR) is 99.3 cm³/mol. The van der Waals surface area contributed by atoms with E-state index in [1.54, 1.807) is 0 Å². The van der Waals surface area contributed by atoms with E-state index < -0.39 is 27.9 Å². The first-order valence-electron chi connectivity index (χ1n) is 8.88. The highest BCUT2D eigenvalue weighted by molar-refractivity contribution is 7.89. The summed E-state index contributed by atoms with van der Waals surface area (Å²) in [6.45, 7) is 4.57. The fraction of sp³-hybridized carbons (Fsp3) is 0.556. The quantitative estimate of drug-likeness (QED) is 0.689. The van der Waals surface area contributed by atoms with Crippen LogP contribution in [0.2, 0.25) is 0 Å². The highest BCUT2D eigenvalue weighted by Gasteiger charge is 2.31. The third-order valence-corrected chi connectivity index (χ3v) is 6.34. The molecule has 1 heterocycles. The number of methoxy groups -OCH3 is 1. The Morgan fingerprint density at radius 1 is 1.26 bits per heavy atom. The number of aliphatic carboxylic acids is 1. The number of carboxylic acid groups (broad SMARTS) is 1. The minimum Gasteiger partial charge on any atom is -0.495 e. The van der Waals surface area contributed by atoms with Gasteiger partial charge in [-0.3, -0.25) is 4.79 Å². The summed E-state index contributed by atoms with van der Waals surface area (Å²) in [6.07, 6.45) is 1.85. The summed E-state index contributed by atoms with van der Waals surface area (Å²) >= 11 is 0. The number of benzene rings is 1. The van der Waals surface area contributed by atoms with Crippen LogP contribution in [0.5, 0.6) is 5.75 Å². The zero-order valence-electron chi connectivity index (χ0n) is 15.8. The zero-order chi connectivity index (χ0) is 20.2. The van der Waals surface area contributed by atoms with Gasteiger partial charge in [0.1, 0.15) is 16.7 Å². The molecule has 1 aromatic carbocycles. The Kier molecular flexibility index (Phi) is 6.83. The predicted octanol–water partition coefficient (Wildman–Crippen LogP) is 1.71. The van der Waals surface area contributed by atoms with Crippen molar-refractivity contribution < 1.29 is 27.9 Å². The van der Waals surface area contributed by atoms with Crippen molar-refractivity contribution in [2.75, 3.05) is 20.2 Å². The van der Waals surface area contributed by atoms with Crippen molar-refractivity contribution in [1.29, 1.82) is 0 Å². The van der Waals surface area contributed by atoms with Crippen LogP contribution in [0.25, 0.3) is 0 Å². The van der Waals surface area contributed by atoms with Crippen molar-refractivity contribution >= 4 is 21.9 Å². The first-order chi connectivity index (χ1) is 12.7. The summed E-state index contributed by atoms with van der Waals surface area (Å²) in [5, 5.41) is 11.8. The van der Waals surface area contributed by atoms with Gasteiger partial charge in [-0.1, -0.05) is 13.8 Å². The lowest BCUT2D eigenvalue weighted by Crippen LogP contribution is -2.41. The minimum absolute atomic E-state index is 0.0728. The van der Waals surface area contributed by atoms with E-state index in [1.807, 2.05) is 13.8 Å². The molecule has 8 nitrogen and oxygen atoms in total. The van der Waals surface area contributed by atoms with Crippen LogP contribution in [0, 0.1) is 5.92 Å². The van der Waals surface area contributed by atoms with Crippen LogP contribution < -0.4 is 10.1 Å². The van der Waals surface area contributed by atoms with Gasteiger partial charge in [0.05, 0.1) is 7.11 Å². The molecule has 2 rings (SSSR count). The average molecular weight is 398 g/mol. The Labute approximate surface area is 159 Å². The molecule has 9 heteroatoms. The van der Waals surface area contributed by atoms with Crippen LogP contribution in [0.15, 0.2) is 23.1 Å². The Bertz CT molecular complexity index is 800. The van der Waals surface area contributed by atoms with Crippen LogP contribution in [0.3, 0.4) is 0 Å². The Hall–Kier alpha value is -2.13. The zero-order valence-corrected chi connectivity index (χ0v) is 16.6. The second-order valence-corrected chi connectivity index (χ2v) is 8.88. The maximum Gasteiger partial charge on any atom is 0.326 e. The summed E-state index contributed by atoms with van der Waals surface area (Å²) in [4.78, 5) is 23.8.